The maximum atomic E-state index is 11.4. The van der Waals surface area contributed by atoms with Crippen LogP contribution in [0.25, 0.3) is 11.3 Å². The second kappa shape index (κ2) is 9.04. The van der Waals surface area contributed by atoms with Crippen LogP contribution >= 0.6 is 23.2 Å². The molecule has 2 atom stereocenters. The molecule has 2 aromatic rings. The molecule has 1 saturated heterocycles. The maximum absolute atomic E-state index is 11.4. The highest BCUT2D eigenvalue weighted by Gasteiger charge is 2.43. The van der Waals surface area contributed by atoms with Crippen LogP contribution < -0.4 is 16.0 Å². The zero-order valence-corrected chi connectivity index (χ0v) is 20.7. The fraction of sp³-hybridized carbons (Fsp3) is 0.522. The zero-order valence-electron chi connectivity index (χ0n) is 19.2. The second-order valence-electron chi connectivity index (χ2n) is 9.75. The van der Waals surface area contributed by atoms with Gasteiger partial charge in [-0.15, -0.1) is 0 Å². The molecule has 9 heteroatoms. The topological polar surface area (TPSA) is 104 Å². The molecule has 7 nitrogen and oxygen atoms in total. The van der Waals surface area contributed by atoms with Gasteiger partial charge in [0.15, 0.2) is 5.82 Å². The smallest absolute Gasteiger partial charge is 0.405 e. The molecule has 174 valence electrons. The number of aromatic nitrogens is 2. The fourth-order valence-electron chi connectivity index (χ4n) is 4.41. The average Bonchev–Trinajstić information content (AvgIpc) is 2.69. The van der Waals surface area contributed by atoms with Crippen molar-refractivity contribution < 1.29 is 9.90 Å². The van der Waals surface area contributed by atoms with Crippen LogP contribution in [-0.2, 0) is 6.54 Å². The molecule has 2 heterocycles. The molecule has 0 radical (unpaired) electrons. The Labute approximate surface area is 199 Å². The molecular weight excluding hydrogens is 449 g/mol. The summed E-state index contributed by atoms with van der Waals surface area (Å²) in [5.74, 6) is 0.740. The molecule has 0 bridgehead atoms. The summed E-state index contributed by atoms with van der Waals surface area (Å²) in [6, 6.07) is 5.47. The van der Waals surface area contributed by atoms with E-state index in [1.807, 2.05) is 26.0 Å². The monoisotopic (exact) mass is 479 g/mol. The Morgan fingerprint density at radius 2 is 2.03 bits per heavy atom. The number of carboxylic acid groups (broad SMARTS) is 1. The summed E-state index contributed by atoms with van der Waals surface area (Å²) in [5.41, 5.74) is 8.25. The Morgan fingerprint density at radius 1 is 1.34 bits per heavy atom. The van der Waals surface area contributed by atoms with Gasteiger partial charge in [0.2, 0.25) is 0 Å². The molecule has 2 unspecified atom stereocenters. The zero-order chi connectivity index (χ0) is 23.8. The largest absolute Gasteiger partial charge is 0.465 e. The number of halogens is 2. The van der Waals surface area contributed by atoms with Crippen molar-refractivity contribution in [3.05, 3.63) is 39.6 Å². The van der Waals surface area contributed by atoms with Crippen LogP contribution in [0.5, 0.6) is 0 Å². The molecule has 1 fully saturated rings. The van der Waals surface area contributed by atoms with E-state index in [1.54, 1.807) is 6.07 Å². The van der Waals surface area contributed by atoms with E-state index in [0.717, 1.165) is 17.1 Å². The molecule has 1 aliphatic rings. The summed E-state index contributed by atoms with van der Waals surface area (Å²) in [7, 11) is 0. The highest BCUT2D eigenvalue weighted by atomic mass is 35.5. The van der Waals surface area contributed by atoms with E-state index in [9.17, 15) is 9.90 Å². The Kier molecular flexibility index (Phi) is 6.94. The predicted octanol–water partition coefficient (Wildman–Crippen LogP) is 5.26. The molecule has 1 aliphatic heterocycles. The van der Waals surface area contributed by atoms with E-state index in [2.05, 4.69) is 31.0 Å². The van der Waals surface area contributed by atoms with Crippen molar-refractivity contribution in [1.29, 1.82) is 0 Å². The SMILES string of the molecule is Cc1nc(N2CCC(C)(NC(=O)O)CC2C(C)(C)C)c(CN)nc1-c1cccc(Cl)c1Cl. The van der Waals surface area contributed by atoms with Crippen LogP contribution in [0, 0.1) is 12.3 Å². The van der Waals surface area contributed by atoms with Gasteiger partial charge in [0, 0.05) is 30.2 Å². The van der Waals surface area contributed by atoms with Crippen molar-refractivity contribution in [2.45, 2.75) is 65.6 Å². The minimum atomic E-state index is -1.00. The number of hydrogen-bond donors (Lipinski definition) is 3. The maximum Gasteiger partial charge on any atom is 0.405 e. The Morgan fingerprint density at radius 3 is 2.62 bits per heavy atom. The van der Waals surface area contributed by atoms with Crippen molar-refractivity contribution >= 4 is 35.1 Å². The third-order valence-corrected chi connectivity index (χ3v) is 6.95. The van der Waals surface area contributed by atoms with Gasteiger partial charge in [0.05, 0.1) is 27.1 Å². The molecule has 0 saturated carbocycles. The second-order valence-corrected chi connectivity index (χ2v) is 10.5. The minimum absolute atomic E-state index is 0.0349. The number of hydrogen-bond acceptors (Lipinski definition) is 5. The van der Waals surface area contributed by atoms with Gasteiger partial charge in [-0.05, 0) is 38.2 Å². The van der Waals surface area contributed by atoms with E-state index in [0.29, 0.717) is 40.8 Å². The number of nitrogens with one attached hydrogen (secondary N) is 1. The van der Waals surface area contributed by atoms with Crippen LogP contribution in [0.1, 0.15) is 51.9 Å². The number of nitrogens with two attached hydrogens (primary N) is 1. The molecule has 1 amide bonds. The van der Waals surface area contributed by atoms with Crippen LogP contribution in [-0.4, -0.2) is 39.3 Å². The number of aryl methyl sites for hydroxylation is 1. The number of piperidine rings is 1. The van der Waals surface area contributed by atoms with E-state index >= 15 is 0 Å². The highest BCUT2D eigenvalue weighted by Crippen LogP contribution is 2.40. The first-order valence-corrected chi connectivity index (χ1v) is 11.4. The highest BCUT2D eigenvalue weighted by molar-refractivity contribution is 6.43. The number of benzene rings is 1. The van der Waals surface area contributed by atoms with E-state index in [4.69, 9.17) is 38.9 Å². The quantitative estimate of drug-likeness (QED) is 0.552. The van der Waals surface area contributed by atoms with Crippen molar-refractivity contribution in [3.8, 4) is 11.3 Å². The summed E-state index contributed by atoms with van der Waals surface area (Å²) < 4.78 is 0. The van der Waals surface area contributed by atoms with Gasteiger partial charge in [0.25, 0.3) is 0 Å². The summed E-state index contributed by atoms with van der Waals surface area (Å²) >= 11 is 12.7. The van der Waals surface area contributed by atoms with Gasteiger partial charge >= 0.3 is 6.09 Å². The molecule has 1 aromatic carbocycles. The molecule has 4 N–H and O–H groups in total. The number of carbonyl (C=O) groups is 1. The molecule has 1 aromatic heterocycles. The van der Waals surface area contributed by atoms with E-state index in [1.165, 1.54) is 0 Å². The van der Waals surface area contributed by atoms with Crippen LogP contribution in [0.2, 0.25) is 10.0 Å². The summed E-state index contributed by atoms with van der Waals surface area (Å²) in [5, 5.41) is 12.9. The standard InChI is InChI=1S/C23H31Cl2N5O2/c1-13-19(14-7-6-8-15(24)18(14)25)28-16(12-26)20(27-13)30-10-9-23(5,29-21(31)32)11-17(30)22(2,3)4/h6-8,17,29H,9-12,26H2,1-5H3,(H,31,32). The van der Waals surface area contributed by atoms with Crippen LogP contribution in [0.3, 0.4) is 0 Å². The third kappa shape index (κ3) is 4.95. The Balaban J connectivity index is 2.07. The Hall–Kier alpha value is -2.09. The third-order valence-electron chi connectivity index (χ3n) is 6.13. The van der Waals surface area contributed by atoms with E-state index in [-0.39, 0.29) is 18.0 Å². The molecule has 32 heavy (non-hydrogen) atoms. The Bertz CT molecular complexity index is 1020. The number of amides is 1. The minimum Gasteiger partial charge on any atom is -0.465 e. The average molecular weight is 480 g/mol. The first-order chi connectivity index (χ1) is 14.9. The molecule has 0 spiro atoms. The summed E-state index contributed by atoms with van der Waals surface area (Å²) in [6.45, 7) is 11.2. The number of anilines is 1. The lowest BCUT2D eigenvalue weighted by Gasteiger charge is -2.50. The van der Waals surface area contributed by atoms with Gasteiger partial charge < -0.3 is 21.1 Å². The van der Waals surface area contributed by atoms with Gasteiger partial charge in [0.1, 0.15) is 0 Å². The van der Waals surface area contributed by atoms with Gasteiger partial charge in [-0.3, -0.25) is 0 Å². The lowest BCUT2D eigenvalue weighted by atomic mass is 9.74. The van der Waals surface area contributed by atoms with Crippen LogP contribution in [0.15, 0.2) is 18.2 Å². The first-order valence-electron chi connectivity index (χ1n) is 10.7. The van der Waals surface area contributed by atoms with Crippen molar-refractivity contribution in [1.82, 2.24) is 15.3 Å². The van der Waals surface area contributed by atoms with Gasteiger partial charge in [-0.1, -0.05) is 56.1 Å². The van der Waals surface area contributed by atoms with Crippen molar-refractivity contribution in [3.63, 3.8) is 0 Å². The number of rotatable bonds is 4. The van der Waals surface area contributed by atoms with Crippen LogP contribution in [0.4, 0.5) is 10.6 Å². The lowest BCUT2D eigenvalue weighted by molar-refractivity contribution is 0.147. The lowest BCUT2D eigenvalue weighted by Crippen LogP contribution is -2.60. The van der Waals surface area contributed by atoms with Gasteiger partial charge in [-0.25, -0.2) is 14.8 Å². The first kappa shape index (κ1) is 24.6. The summed E-state index contributed by atoms with van der Waals surface area (Å²) in [6.07, 6.45) is 0.295. The van der Waals surface area contributed by atoms with Crippen molar-refractivity contribution in [2.24, 2.45) is 11.1 Å². The normalized spacial score (nSPS) is 21.5. The van der Waals surface area contributed by atoms with E-state index < -0.39 is 11.6 Å². The van der Waals surface area contributed by atoms with Crippen molar-refractivity contribution in [2.75, 3.05) is 11.4 Å². The van der Waals surface area contributed by atoms with Gasteiger partial charge in [-0.2, -0.15) is 0 Å². The fourth-order valence-corrected chi connectivity index (χ4v) is 4.80. The number of nitrogens with zero attached hydrogens (tertiary/aromatic N) is 3. The molecular formula is C23H31Cl2N5O2. The predicted molar refractivity (Wildman–Crippen MR) is 130 cm³/mol. The molecule has 0 aliphatic carbocycles. The summed E-state index contributed by atoms with van der Waals surface area (Å²) in [4.78, 5) is 23.4. The molecule has 3 rings (SSSR count).